The molecule has 7 amide bonds. The van der Waals surface area contributed by atoms with Gasteiger partial charge in [0.2, 0.25) is 35.4 Å². The first-order valence-electron chi connectivity index (χ1n) is 31.3. The number of aliphatic hydroxyl groups is 6. The van der Waals surface area contributed by atoms with Crippen LogP contribution >= 0.6 is 12.3 Å². The van der Waals surface area contributed by atoms with Gasteiger partial charge >= 0.3 is 0 Å². The molecule has 0 aromatic heterocycles. The number of carbonyl (C=O) groups excluding carboxylic acids is 7. The first-order chi connectivity index (χ1) is 44.4. The highest BCUT2D eigenvalue weighted by atomic mass is 32.2. The summed E-state index contributed by atoms with van der Waals surface area (Å²) in [5.41, 5.74) is 10.0. The SMILES string of the molecule is COCCCCCCCOc1c(C)cc(N2CCN(c3ccc(C(=O)N[C@H]4C[C@H](O)CNC(=O)[C@@H]5[C@@H](O)[C@H](C)CN5C(=O)[C@H]([C@H](O)CCN)NC(=O)[C@H]([C@H](O)Cc5ccc(O)c(OSOOO)c5)NC(=O)[C@@H]5C[C@H](O)CN5C(=O)[C@H]([C@H](C)O)NC4=O)cc3)CC2)cc1C. The number of phenols is 1. The number of phenolic OH excluding ortho intramolecular Hbond substituents is 1. The summed E-state index contributed by atoms with van der Waals surface area (Å²) in [6.07, 6.45) is -6.72. The quantitative estimate of drug-likeness (QED) is 0.0221. The predicted molar refractivity (Wildman–Crippen MR) is 337 cm³/mol. The lowest BCUT2D eigenvalue weighted by atomic mass is 9.98. The third kappa shape index (κ3) is 19.5. The van der Waals surface area contributed by atoms with E-state index in [-0.39, 0.29) is 48.7 Å². The molecule has 30 nitrogen and oxygen atoms in total. The van der Waals surface area contributed by atoms with Crippen LogP contribution < -0.4 is 51.0 Å². The van der Waals surface area contributed by atoms with Gasteiger partial charge in [-0.1, -0.05) is 41.6 Å². The van der Waals surface area contributed by atoms with Gasteiger partial charge in [-0.2, -0.15) is 0 Å². The summed E-state index contributed by atoms with van der Waals surface area (Å²) in [7, 11) is 1.72. The van der Waals surface area contributed by atoms with Crippen molar-refractivity contribution in [3.63, 3.8) is 0 Å². The number of hydrogen-bond acceptors (Lipinski definition) is 24. The Kier molecular flexibility index (Phi) is 27.5. The van der Waals surface area contributed by atoms with Crippen molar-refractivity contribution in [2.75, 3.05) is 82.5 Å². The molecule has 0 saturated carbocycles. The van der Waals surface area contributed by atoms with Gasteiger partial charge in [0.1, 0.15) is 42.0 Å². The molecular formula is C62H90N10O20S. The highest BCUT2D eigenvalue weighted by Crippen LogP contribution is 2.33. The van der Waals surface area contributed by atoms with Gasteiger partial charge in [-0.15, -0.1) is 0 Å². The average Bonchev–Trinajstić information content (AvgIpc) is 1.81. The van der Waals surface area contributed by atoms with Gasteiger partial charge in [-0.3, -0.25) is 33.6 Å². The number of aromatic hydroxyl groups is 1. The molecule has 0 radical (unpaired) electrons. The predicted octanol–water partition coefficient (Wildman–Crippen LogP) is -1.03. The van der Waals surface area contributed by atoms with Crippen LogP contribution in [-0.2, 0) is 49.3 Å². The number of piperazine rings is 1. The molecule has 4 aliphatic heterocycles. The van der Waals surface area contributed by atoms with Crippen LogP contribution in [0, 0.1) is 19.8 Å². The van der Waals surface area contributed by atoms with Crippen LogP contribution in [0.15, 0.2) is 54.6 Å². The van der Waals surface area contributed by atoms with E-state index in [1.165, 1.54) is 19.1 Å². The number of hydrogen-bond donors (Lipinski definition) is 14. The van der Waals surface area contributed by atoms with Crippen LogP contribution in [0.5, 0.6) is 17.2 Å². The van der Waals surface area contributed by atoms with Gasteiger partial charge in [0.25, 0.3) is 18.2 Å². The molecule has 15 N–H and O–H groups in total. The van der Waals surface area contributed by atoms with Crippen LogP contribution in [0.3, 0.4) is 0 Å². The normalized spacial score (nSPS) is 25.6. The number of fused-ring (bicyclic) bond motifs is 2. The second-order valence-corrected chi connectivity index (χ2v) is 24.6. The number of nitrogens with one attached hydrogen (secondary N) is 5. The van der Waals surface area contributed by atoms with Crippen molar-refractivity contribution in [1.29, 1.82) is 0 Å². The topological polar surface area (TPSA) is 427 Å². The molecule has 3 aromatic carbocycles. The number of aliphatic hydroxyl groups excluding tert-OH is 6. The molecule has 4 saturated heterocycles. The number of nitrogens with two attached hydrogens (primary N) is 1. The van der Waals surface area contributed by atoms with Crippen molar-refractivity contribution < 1.29 is 97.6 Å². The summed E-state index contributed by atoms with van der Waals surface area (Å²) < 4.78 is 20.7. The zero-order valence-corrected chi connectivity index (χ0v) is 53.7. The first-order valence-corrected chi connectivity index (χ1v) is 32.0. The third-order valence-corrected chi connectivity index (χ3v) is 17.5. The number of β-amino-alcohol motifs (C(OH)–C–C–N with tert-alkyl or cyclic N) is 1. The lowest BCUT2D eigenvalue weighted by Gasteiger charge is -2.37. The molecule has 514 valence electrons. The fourth-order valence-electron chi connectivity index (χ4n) is 12.1. The van der Waals surface area contributed by atoms with Crippen molar-refractivity contribution in [1.82, 2.24) is 36.4 Å². The number of unbranched alkanes of at least 4 members (excludes halogenated alkanes) is 4. The van der Waals surface area contributed by atoms with E-state index in [4.69, 9.17) is 24.6 Å². The molecule has 4 aliphatic rings. The monoisotopic (exact) mass is 1330 g/mol. The highest BCUT2D eigenvalue weighted by molar-refractivity contribution is 7.90. The fourth-order valence-corrected chi connectivity index (χ4v) is 12.4. The van der Waals surface area contributed by atoms with Crippen LogP contribution in [-0.4, -0.2) is 238 Å². The Morgan fingerprint density at radius 1 is 0.731 bits per heavy atom. The summed E-state index contributed by atoms with van der Waals surface area (Å²) in [6, 6.07) is 3.45. The average molecular weight is 1330 g/mol. The summed E-state index contributed by atoms with van der Waals surface area (Å²) in [5, 5.41) is 103. The minimum Gasteiger partial charge on any atom is -0.504 e. The van der Waals surface area contributed by atoms with E-state index in [1.54, 1.807) is 31.4 Å². The second kappa shape index (κ2) is 34.8. The van der Waals surface area contributed by atoms with Crippen molar-refractivity contribution in [2.45, 2.75) is 158 Å². The number of ether oxygens (including phenoxy) is 2. The summed E-state index contributed by atoms with van der Waals surface area (Å²) in [5.74, 6) is -8.27. The standard InChI is InChI=1S/C62H90N10O20S/c1-34-25-41(26-35(2)55(34)89-24-10-8-6-7-9-23-88-5)70-21-19-69(20-22-70)40-14-12-39(13-15-40)56(80)65-44-29-42(74)31-64-60(84)53-54(79)36(3)32-72(53)62(86)52(47(77)17-18-63)68-59(83)51(48(78)27-38-11-16-46(76)49(28-38)90-93-92-91-87)67-58(82)45-30-43(75)33-71(45)61(85)50(37(4)73)66-57(44)81/h11-16,25-26,28,36-37,42-45,47-48,50-54,73-79,87H,6-10,17-24,27,29-33,63H2,1-5H3,(H,64,84)(H,65,80)(H,66,81)(H,67,82)(H,68,83)/t36-,37+,42+,43+,44+,45+,47-,48-,50+,51+,52+,53+,54+/m1/s1. The number of nitrogens with zero attached hydrogens (tertiary/aromatic N) is 4. The van der Waals surface area contributed by atoms with E-state index in [0.29, 0.717) is 32.8 Å². The molecular weight excluding hydrogens is 1240 g/mol. The lowest BCUT2D eigenvalue weighted by molar-refractivity contribution is -0.433. The molecule has 0 aliphatic carbocycles. The number of rotatable bonds is 24. The maximum Gasteiger partial charge on any atom is 0.261 e. The zero-order chi connectivity index (χ0) is 67.6. The molecule has 0 bridgehead atoms. The summed E-state index contributed by atoms with van der Waals surface area (Å²) in [4.78, 5) is 108. The lowest BCUT2D eigenvalue weighted by Crippen LogP contribution is -2.64. The van der Waals surface area contributed by atoms with E-state index in [1.807, 2.05) is 0 Å². The molecule has 4 fully saturated rings. The van der Waals surface area contributed by atoms with Crippen LogP contribution in [0.2, 0.25) is 0 Å². The fraction of sp³-hybridized carbons (Fsp3) is 0.597. The maximum absolute atomic E-state index is 14.7. The Balaban J connectivity index is 1.11. The zero-order valence-electron chi connectivity index (χ0n) is 52.9. The van der Waals surface area contributed by atoms with E-state index in [9.17, 15) is 69.3 Å². The number of benzene rings is 3. The highest BCUT2D eigenvalue weighted by Gasteiger charge is 2.50. The van der Waals surface area contributed by atoms with Crippen molar-refractivity contribution in [2.24, 2.45) is 11.7 Å². The van der Waals surface area contributed by atoms with Crippen molar-refractivity contribution in [3.05, 3.63) is 76.9 Å². The number of aryl methyl sites for hydroxylation is 2. The number of methoxy groups -OCH3 is 1. The molecule has 7 rings (SSSR count). The van der Waals surface area contributed by atoms with E-state index < -0.39 is 158 Å². The van der Waals surface area contributed by atoms with Gasteiger partial charge in [0.15, 0.2) is 11.5 Å². The molecule has 0 spiro atoms. The Hall–Kier alpha value is -7.14. The molecule has 13 atom stereocenters. The number of carbonyl (C=O) groups is 7. The van der Waals surface area contributed by atoms with Gasteiger partial charge in [0, 0.05) is 102 Å². The Morgan fingerprint density at radius 3 is 2.00 bits per heavy atom. The van der Waals surface area contributed by atoms with Gasteiger partial charge in [-0.05, 0) is 112 Å². The van der Waals surface area contributed by atoms with Crippen molar-refractivity contribution >= 4 is 65.0 Å². The molecule has 0 unspecified atom stereocenters. The summed E-state index contributed by atoms with van der Waals surface area (Å²) in [6.45, 7) is 9.17. The molecule has 4 heterocycles. The van der Waals surface area contributed by atoms with Gasteiger partial charge in [-0.25, -0.2) is 5.26 Å². The van der Waals surface area contributed by atoms with Crippen LogP contribution in [0.25, 0.3) is 0 Å². The maximum atomic E-state index is 14.7. The smallest absolute Gasteiger partial charge is 0.261 e. The minimum absolute atomic E-state index is 0.0851. The van der Waals surface area contributed by atoms with Crippen LogP contribution in [0.4, 0.5) is 11.4 Å². The number of amides is 7. The summed E-state index contributed by atoms with van der Waals surface area (Å²) >= 11 is 0.0851. The van der Waals surface area contributed by atoms with E-state index in [2.05, 4.69) is 71.7 Å². The van der Waals surface area contributed by atoms with Crippen molar-refractivity contribution in [3.8, 4) is 17.2 Å². The second-order valence-electron chi connectivity index (χ2n) is 24.2. The minimum atomic E-state index is -2.10. The molecule has 93 heavy (non-hydrogen) atoms. The number of anilines is 2. The molecule has 3 aromatic rings. The van der Waals surface area contributed by atoms with Gasteiger partial charge in [0.05, 0.1) is 43.2 Å². The Labute approximate surface area is 543 Å². The Morgan fingerprint density at radius 2 is 1.35 bits per heavy atom. The largest absolute Gasteiger partial charge is 0.504 e. The Bertz CT molecular complexity index is 2990. The first kappa shape index (κ1) is 73.3. The third-order valence-electron chi connectivity index (χ3n) is 17.2. The van der Waals surface area contributed by atoms with Gasteiger partial charge < -0.3 is 101 Å². The van der Waals surface area contributed by atoms with Crippen LogP contribution in [0.1, 0.15) is 92.3 Å². The van der Waals surface area contributed by atoms with E-state index in [0.717, 1.165) is 89.8 Å². The molecule has 31 heteroatoms. The van der Waals surface area contributed by atoms with E-state index >= 15 is 0 Å².